The van der Waals surface area contributed by atoms with Crippen LogP contribution in [0.2, 0.25) is 0 Å². The minimum Gasteiger partial charge on any atom is -0.383 e. The lowest BCUT2D eigenvalue weighted by atomic mass is 10.3. The van der Waals surface area contributed by atoms with E-state index in [9.17, 15) is 9.59 Å². The van der Waals surface area contributed by atoms with E-state index in [4.69, 9.17) is 9.47 Å². The van der Waals surface area contributed by atoms with Crippen LogP contribution in [0, 0.1) is 0 Å². The van der Waals surface area contributed by atoms with Crippen molar-refractivity contribution in [2.24, 2.45) is 0 Å². The van der Waals surface area contributed by atoms with Crippen molar-refractivity contribution in [3.8, 4) is 11.8 Å². The first-order valence-electron chi connectivity index (χ1n) is 6.91. The number of hydrogen-bond acceptors (Lipinski definition) is 7. The number of nitrogens with one attached hydrogen (secondary N) is 2. The first-order chi connectivity index (χ1) is 10.2. The molecule has 0 radical (unpaired) electrons. The molecule has 0 aliphatic heterocycles. The van der Waals surface area contributed by atoms with Gasteiger partial charge in [-0.15, -0.1) is 0 Å². The highest BCUT2D eigenvalue weighted by Gasteiger charge is 2.19. The van der Waals surface area contributed by atoms with Crippen molar-refractivity contribution < 1.29 is 23.7 Å². The summed E-state index contributed by atoms with van der Waals surface area (Å²) in [7, 11) is 0. The monoisotopic (exact) mass is 300 g/mol. The van der Waals surface area contributed by atoms with Crippen LogP contribution < -0.4 is 20.1 Å². The molecular formula is C12H20N4O5. The van der Waals surface area contributed by atoms with Crippen LogP contribution >= 0.6 is 0 Å². The third-order valence-corrected chi connectivity index (χ3v) is 2.41. The van der Waals surface area contributed by atoms with Crippen LogP contribution in [0.3, 0.4) is 0 Å². The number of nitrogens with zero attached hydrogens (tertiary/aromatic N) is 2. The molecule has 118 valence electrons. The molecule has 2 amide bonds. The number of ether oxygens (including phenoxy) is 2. The van der Waals surface area contributed by atoms with Crippen LogP contribution in [-0.4, -0.2) is 35.6 Å². The largest absolute Gasteiger partial charge is 0.414 e. The minimum atomic E-state index is -0.713. The lowest BCUT2D eigenvalue weighted by molar-refractivity contribution is 0.187. The summed E-state index contributed by atoms with van der Waals surface area (Å²) in [5.41, 5.74) is 0. The first-order valence-corrected chi connectivity index (χ1v) is 6.91. The van der Waals surface area contributed by atoms with E-state index in [-0.39, 0.29) is 11.8 Å². The number of carbonyl (C=O) groups is 2. The molecule has 1 aromatic rings. The van der Waals surface area contributed by atoms with Gasteiger partial charge >= 0.3 is 23.9 Å². The zero-order valence-electron chi connectivity index (χ0n) is 12.2. The Morgan fingerprint density at radius 2 is 1.38 bits per heavy atom. The van der Waals surface area contributed by atoms with Gasteiger partial charge in [-0.05, 0) is 23.2 Å². The fourth-order valence-electron chi connectivity index (χ4n) is 1.28. The average Bonchev–Trinajstić information content (AvgIpc) is 2.86. The smallest absolute Gasteiger partial charge is 0.383 e. The summed E-state index contributed by atoms with van der Waals surface area (Å²) in [6.45, 7) is 4.96. The highest BCUT2D eigenvalue weighted by atomic mass is 16.7. The predicted molar refractivity (Wildman–Crippen MR) is 72.2 cm³/mol. The third kappa shape index (κ3) is 6.59. The van der Waals surface area contributed by atoms with E-state index in [1.807, 2.05) is 13.8 Å². The molecule has 0 saturated heterocycles. The van der Waals surface area contributed by atoms with E-state index in [1.54, 1.807) is 0 Å². The van der Waals surface area contributed by atoms with Gasteiger partial charge in [-0.2, -0.15) is 0 Å². The number of unbranched alkanes of at least 4 members (excludes halogenated alkanes) is 2. The van der Waals surface area contributed by atoms with E-state index in [0.29, 0.717) is 13.1 Å². The second-order valence-electron chi connectivity index (χ2n) is 4.21. The van der Waals surface area contributed by atoms with E-state index < -0.39 is 12.2 Å². The van der Waals surface area contributed by atoms with Crippen LogP contribution in [0.1, 0.15) is 39.5 Å². The van der Waals surface area contributed by atoms with Gasteiger partial charge in [0.05, 0.1) is 0 Å². The molecular weight excluding hydrogens is 280 g/mol. The molecule has 1 heterocycles. The predicted octanol–water partition coefficient (Wildman–Crippen LogP) is 1.85. The number of amides is 2. The standard InChI is InChI=1S/C12H20N4O5/c1-3-5-7-13-11(17)19-9-10(16-21-15-9)20-12(18)14-8-6-4-2/h3-8H2,1-2H3,(H,13,17)(H,14,18). The quantitative estimate of drug-likeness (QED) is 0.704. The maximum atomic E-state index is 11.4. The molecule has 0 aliphatic rings. The van der Waals surface area contributed by atoms with Gasteiger partial charge in [-0.25, -0.2) is 14.2 Å². The lowest BCUT2D eigenvalue weighted by Gasteiger charge is -2.05. The summed E-state index contributed by atoms with van der Waals surface area (Å²) in [6.07, 6.45) is 2.12. The van der Waals surface area contributed by atoms with Crippen molar-refractivity contribution in [1.29, 1.82) is 0 Å². The Morgan fingerprint density at radius 3 is 1.76 bits per heavy atom. The van der Waals surface area contributed by atoms with Crippen LogP contribution in [0.5, 0.6) is 11.8 Å². The normalized spacial score (nSPS) is 10.0. The summed E-state index contributed by atoms with van der Waals surface area (Å²) in [5.74, 6) is -0.593. The highest BCUT2D eigenvalue weighted by molar-refractivity contribution is 5.72. The molecule has 1 rings (SSSR count). The number of rotatable bonds is 8. The van der Waals surface area contributed by atoms with Crippen LogP contribution in [-0.2, 0) is 0 Å². The van der Waals surface area contributed by atoms with Crippen molar-refractivity contribution in [3.05, 3.63) is 0 Å². The van der Waals surface area contributed by atoms with Gasteiger partial charge in [0.15, 0.2) is 0 Å². The van der Waals surface area contributed by atoms with Gasteiger partial charge in [0.25, 0.3) is 0 Å². The number of aromatic nitrogens is 2. The Labute approximate surface area is 122 Å². The molecule has 9 nitrogen and oxygen atoms in total. The molecule has 0 spiro atoms. The van der Waals surface area contributed by atoms with Crippen LogP contribution in [0.4, 0.5) is 9.59 Å². The van der Waals surface area contributed by atoms with Crippen molar-refractivity contribution in [2.45, 2.75) is 39.5 Å². The van der Waals surface area contributed by atoms with Crippen molar-refractivity contribution >= 4 is 12.2 Å². The summed E-state index contributed by atoms with van der Waals surface area (Å²) in [6, 6.07) is 0. The minimum absolute atomic E-state index is 0.297. The maximum Gasteiger partial charge on any atom is 0.414 e. The van der Waals surface area contributed by atoms with Gasteiger partial charge in [-0.3, -0.25) is 0 Å². The molecule has 0 bridgehead atoms. The highest BCUT2D eigenvalue weighted by Crippen LogP contribution is 2.21. The Morgan fingerprint density at radius 1 is 0.952 bits per heavy atom. The Hall–Kier alpha value is -2.32. The zero-order valence-corrected chi connectivity index (χ0v) is 12.2. The molecule has 1 aromatic heterocycles. The Balaban J connectivity index is 2.41. The lowest BCUT2D eigenvalue weighted by Crippen LogP contribution is -2.29. The molecule has 0 aromatic carbocycles. The molecule has 0 fully saturated rings. The fourth-order valence-corrected chi connectivity index (χ4v) is 1.28. The van der Waals surface area contributed by atoms with Gasteiger partial charge in [0.1, 0.15) is 0 Å². The summed E-state index contributed by atoms with van der Waals surface area (Å²) in [4.78, 5) is 22.9. The average molecular weight is 300 g/mol. The molecule has 0 atom stereocenters. The molecule has 0 aliphatic carbocycles. The topological polar surface area (TPSA) is 116 Å². The second-order valence-corrected chi connectivity index (χ2v) is 4.21. The fraction of sp³-hybridized carbons (Fsp3) is 0.667. The van der Waals surface area contributed by atoms with Gasteiger partial charge in [-0.1, -0.05) is 26.7 Å². The maximum absolute atomic E-state index is 11.4. The summed E-state index contributed by atoms with van der Waals surface area (Å²) < 4.78 is 14.1. The van der Waals surface area contributed by atoms with Crippen molar-refractivity contribution in [1.82, 2.24) is 20.9 Å². The SMILES string of the molecule is CCCCNC(=O)Oc1nonc1OC(=O)NCCCC. The van der Waals surface area contributed by atoms with E-state index in [2.05, 4.69) is 25.6 Å². The number of carbonyl (C=O) groups excluding carboxylic acids is 2. The molecule has 2 N–H and O–H groups in total. The molecule has 0 saturated carbocycles. The van der Waals surface area contributed by atoms with E-state index >= 15 is 0 Å². The van der Waals surface area contributed by atoms with E-state index in [1.165, 1.54) is 0 Å². The Bertz CT molecular complexity index is 410. The molecule has 9 heteroatoms. The van der Waals surface area contributed by atoms with Gasteiger partial charge < -0.3 is 20.1 Å². The van der Waals surface area contributed by atoms with Gasteiger partial charge in [0, 0.05) is 13.1 Å². The van der Waals surface area contributed by atoms with Gasteiger partial charge in [0.2, 0.25) is 0 Å². The molecule has 21 heavy (non-hydrogen) atoms. The first kappa shape index (κ1) is 16.7. The third-order valence-electron chi connectivity index (χ3n) is 2.41. The van der Waals surface area contributed by atoms with E-state index in [0.717, 1.165) is 25.7 Å². The zero-order chi connectivity index (χ0) is 15.5. The summed E-state index contributed by atoms with van der Waals surface area (Å²) in [5, 5.41) is 11.8. The van der Waals surface area contributed by atoms with Crippen molar-refractivity contribution in [2.75, 3.05) is 13.1 Å². The van der Waals surface area contributed by atoms with Crippen molar-refractivity contribution in [3.63, 3.8) is 0 Å². The second kappa shape index (κ2) is 9.56. The summed E-state index contributed by atoms with van der Waals surface area (Å²) >= 11 is 0. The van der Waals surface area contributed by atoms with Crippen LogP contribution in [0.25, 0.3) is 0 Å². The van der Waals surface area contributed by atoms with Crippen LogP contribution in [0.15, 0.2) is 4.63 Å². The molecule has 0 unspecified atom stereocenters. The number of hydrogen-bond donors (Lipinski definition) is 2. The Kier molecular flexibility index (Phi) is 7.62.